The second-order valence-corrected chi connectivity index (χ2v) is 24.5. The summed E-state index contributed by atoms with van der Waals surface area (Å²) in [6.45, 7) is 33.8. The van der Waals surface area contributed by atoms with E-state index in [0.29, 0.717) is 4.90 Å². The van der Waals surface area contributed by atoms with Crippen LogP contribution in [-0.4, -0.2) is 131 Å². The molecular weight excluding hydrogens is 1250 g/mol. The van der Waals surface area contributed by atoms with E-state index in [0.717, 1.165) is 34.3 Å². The molecule has 0 heterocycles. The molecule has 6 aromatic rings. The minimum Gasteiger partial charge on any atom is -0.497 e. The SMILES string of the molecule is C.C.CC.CC.CC.CC.CC.CC.CC(=O)c1ccccc1.CC(C)=O.CC(C)O.CC(O)c1ccccc1.COC.COc1ccccc1.CS(=O)(=O)c1ccccc1.CS(=O)c1ccccc1.CS(C)(=O)=O.CS(C)=O.CSC.CSc1ccccc1. The summed E-state index contributed by atoms with van der Waals surface area (Å²) in [7, 11) is -2.20. The van der Waals surface area contributed by atoms with Crippen LogP contribution in [0.4, 0.5) is 0 Å². The van der Waals surface area contributed by atoms with Crippen molar-refractivity contribution < 1.29 is 54.5 Å². The van der Waals surface area contributed by atoms with Crippen molar-refractivity contribution >= 4 is 76.4 Å². The number of benzene rings is 6. The van der Waals surface area contributed by atoms with Gasteiger partial charge in [-0.1, -0.05) is 231 Å². The molecule has 2 unspecified atom stereocenters. The third kappa shape index (κ3) is 132. The van der Waals surface area contributed by atoms with Crippen LogP contribution in [-0.2, 0) is 50.8 Å². The van der Waals surface area contributed by atoms with Gasteiger partial charge in [-0.25, -0.2) is 16.8 Å². The number of hydrogen-bond acceptors (Lipinski definition) is 14. The van der Waals surface area contributed by atoms with Gasteiger partial charge >= 0.3 is 0 Å². The number of rotatable bonds is 6. The van der Waals surface area contributed by atoms with Gasteiger partial charge in [0.2, 0.25) is 0 Å². The molecule has 0 bridgehead atoms. The van der Waals surface area contributed by atoms with E-state index >= 15 is 0 Å². The number of thioether (sulfide) groups is 2. The highest BCUT2D eigenvalue weighted by atomic mass is 32.2. The third-order valence-electron chi connectivity index (χ3n) is 6.67. The maximum atomic E-state index is 10.8. The Bertz CT molecular complexity index is 2350. The van der Waals surface area contributed by atoms with Crippen molar-refractivity contribution in [3.63, 3.8) is 0 Å². The maximum Gasteiger partial charge on any atom is 0.175 e. The number of carbonyl (C=O) groups excluding carboxylic acids is 2. The van der Waals surface area contributed by atoms with Crippen molar-refractivity contribution in [2.45, 2.75) is 166 Å². The van der Waals surface area contributed by atoms with E-state index < -0.39 is 41.3 Å². The monoisotopic (exact) mass is 1380 g/mol. The van der Waals surface area contributed by atoms with Crippen molar-refractivity contribution in [2.24, 2.45) is 0 Å². The summed E-state index contributed by atoms with van der Waals surface area (Å²) < 4.78 is 70.4. The molecule has 12 nitrogen and oxygen atoms in total. The van der Waals surface area contributed by atoms with E-state index in [1.807, 2.05) is 235 Å². The topological polar surface area (TPSA) is 195 Å². The molecular formula is C72H132O12S6. The summed E-state index contributed by atoms with van der Waals surface area (Å²) in [4.78, 5) is 22.7. The Labute approximate surface area is 569 Å². The molecule has 0 spiro atoms. The molecule has 0 aliphatic heterocycles. The van der Waals surface area contributed by atoms with Crippen LogP contribution in [0.25, 0.3) is 0 Å². The smallest absolute Gasteiger partial charge is 0.175 e. The second kappa shape index (κ2) is 97.8. The highest BCUT2D eigenvalue weighted by Gasteiger charge is 2.03. The molecule has 0 aliphatic rings. The zero-order valence-corrected chi connectivity index (χ0v) is 64.8. The van der Waals surface area contributed by atoms with Crippen LogP contribution < -0.4 is 4.74 Å². The molecule has 2 atom stereocenters. The van der Waals surface area contributed by atoms with Gasteiger partial charge in [0, 0.05) is 94.8 Å². The van der Waals surface area contributed by atoms with Gasteiger partial charge in [0.05, 0.1) is 18.1 Å². The lowest BCUT2D eigenvalue weighted by Crippen LogP contribution is -1.95. The average Bonchev–Trinajstić information content (AvgIpc) is 3.22. The number of hydrogen-bond donors (Lipinski definition) is 2. The van der Waals surface area contributed by atoms with Gasteiger partial charge in [-0.2, -0.15) is 11.8 Å². The first-order valence-electron chi connectivity index (χ1n) is 28.9. The first-order valence-corrected chi connectivity index (χ1v) is 39.4. The van der Waals surface area contributed by atoms with E-state index in [9.17, 15) is 34.8 Å². The largest absolute Gasteiger partial charge is 0.497 e. The van der Waals surface area contributed by atoms with Crippen molar-refractivity contribution in [3.8, 4) is 5.75 Å². The first kappa shape index (κ1) is 119. The van der Waals surface area contributed by atoms with Crippen molar-refractivity contribution in [2.75, 3.05) is 77.6 Å². The maximum absolute atomic E-state index is 10.8. The van der Waals surface area contributed by atoms with Crippen LogP contribution >= 0.6 is 23.5 Å². The zero-order valence-electron chi connectivity index (χ0n) is 59.9. The Balaban J connectivity index is -0.0000000582. The van der Waals surface area contributed by atoms with Crippen LogP contribution in [0.5, 0.6) is 5.75 Å². The highest BCUT2D eigenvalue weighted by molar-refractivity contribution is 7.98. The second-order valence-electron chi connectivity index (χ2n) is 15.6. The summed E-state index contributed by atoms with van der Waals surface area (Å²) in [6.07, 6.45) is 14.1. The average molecular weight is 1380 g/mol. The summed E-state index contributed by atoms with van der Waals surface area (Å²) in [5.74, 6) is 1.20. The fourth-order valence-electron chi connectivity index (χ4n) is 3.80. The van der Waals surface area contributed by atoms with Crippen LogP contribution in [0.3, 0.4) is 0 Å². The van der Waals surface area contributed by atoms with Gasteiger partial charge < -0.3 is 24.5 Å². The van der Waals surface area contributed by atoms with E-state index in [-0.39, 0.29) is 38.6 Å². The molecule has 0 saturated heterocycles. The Hall–Kier alpha value is -4.76. The molecule has 0 fully saturated rings. The Kier molecular flexibility index (Phi) is 130. The van der Waals surface area contributed by atoms with E-state index in [1.165, 1.54) is 25.0 Å². The Morgan fingerprint density at radius 1 is 0.478 bits per heavy atom. The normalized spacial score (nSPS) is 8.87. The molecule has 0 aliphatic carbocycles. The van der Waals surface area contributed by atoms with E-state index in [2.05, 4.69) is 23.1 Å². The van der Waals surface area contributed by atoms with E-state index in [4.69, 9.17) is 14.9 Å². The van der Waals surface area contributed by atoms with Crippen LogP contribution in [0.1, 0.15) is 162 Å². The summed E-state index contributed by atoms with van der Waals surface area (Å²) in [5.41, 5.74) is 1.75. The molecule has 2 N–H and O–H groups in total. The van der Waals surface area contributed by atoms with Gasteiger partial charge in [-0.3, -0.25) is 13.2 Å². The molecule has 0 radical (unpaired) electrons. The summed E-state index contributed by atoms with van der Waals surface area (Å²) in [6, 6.07) is 56.6. The number of ether oxygens (including phenoxy) is 2. The van der Waals surface area contributed by atoms with E-state index in [1.54, 1.807) is 122 Å². The first-order chi connectivity index (χ1) is 41.4. The van der Waals surface area contributed by atoms with Gasteiger partial charge in [-0.15, -0.1) is 11.8 Å². The number of aliphatic hydroxyl groups is 2. The van der Waals surface area contributed by atoms with Crippen molar-refractivity contribution in [1.82, 2.24) is 0 Å². The summed E-state index contributed by atoms with van der Waals surface area (Å²) >= 11 is 3.52. The lowest BCUT2D eigenvalue weighted by molar-refractivity contribution is -0.115. The van der Waals surface area contributed by atoms with Crippen LogP contribution in [0.2, 0.25) is 0 Å². The fourth-order valence-corrected chi connectivity index (χ4v) is 5.42. The Morgan fingerprint density at radius 3 is 0.844 bits per heavy atom. The minimum absolute atomic E-state index is 0. The quantitative estimate of drug-likeness (QED) is 0.118. The van der Waals surface area contributed by atoms with Crippen molar-refractivity contribution in [3.05, 3.63) is 193 Å². The van der Waals surface area contributed by atoms with Gasteiger partial charge in [0.1, 0.15) is 21.4 Å². The standard InChI is InChI=1S/C8H10O.C8H8O.C7H8O2S.C7H8OS.C7H8O.C7H8S.C3H8O.C3H6O.C2H6O2S.C2H6OS.C2H6O.C2H6S.6C2H6.2CH4/c2*1-7(9)8-5-3-2-4-6-8;1-10(8,9)7-5-3-2-4-6-7;1-9(8)7-5-3-2-4-6-7;2*1-8-7-5-3-2-4-6-7;2*1-3(2)4;1-5(2,3)4;1-4(2)3;2*1-3-2;6*1-2;;/h2-7,9H,1H3;2-6H,1H3;2-6H,1H3;2-6H,1H3;2*2-6H,1H3;3-4H,1-2H3;1-2H3;1-2H3;1-2H3;2*1-2H3;6*1-2H3;2*1H4. The molecule has 18 heteroatoms. The number of methoxy groups -OCH3 is 2. The number of carbonyl (C=O) groups is 2. The van der Waals surface area contributed by atoms with Crippen LogP contribution in [0.15, 0.2) is 197 Å². The fraction of sp³-hybridized carbons (Fsp3) is 0.472. The summed E-state index contributed by atoms with van der Waals surface area (Å²) in [5, 5.41) is 17.1. The number of para-hydroxylation sites is 1. The minimum atomic E-state index is -3.00. The third-order valence-corrected chi connectivity index (χ3v) is 9.47. The zero-order chi connectivity index (χ0) is 72.0. The highest BCUT2D eigenvalue weighted by Crippen LogP contribution is 2.12. The lowest BCUT2D eigenvalue weighted by Gasteiger charge is -2.00. The molecule has 0 aromatic heterocycles. The molecule has 6 rings (SSSR count). The van der Waals surface area contributed by atoms with Gasteiger partial charge in [0.25, 0.3) is 0 Å². The lowest BCUT2D eigenvalue weighted by atomic mass is 10.1. The molecule has 0 amide bonds. The van der Waals surface area contributed by atoms with Crippen LogP contribution in [0, 0.1) is 0 Å². The van der Waals surface area contributed by atoms with Gasteiger partial charge in [0.15, 0.2) is 15.6 Å². The van der Waals surface area contributed by atoms with Crippen molar-refractivity contribution in [1.29, 1.82) is 0 Å². The molecule has 528 valence electrons. The Morgan fingerprint density at radius 2 is 0.700 bits per heavy atom. The molecule has 0 saturated carbocycles. The number of Topliss-reactive ketones (excluding diaryl/α,β-unsaturated/α-hetero) is 2. The predicted octanol–water partition coefficient (Wildman–Crippen LogP) is 19.6. The molecule has 6 aromatic carbocycles. The number of sulfone groups is 2. The number of aliphatic hydroxyl groups excluding tert-OH is 2. The van der Waals surface area contributed by atoms with Gasteiger partial charge in [-0.05, 0) is 114 Å². The predicted molar refractivity (Wildman–Crippen MR) is 411 cm³/mol. The number of ketones is 2. The molecule has 90 heavy (non-hydrogen) atoms.